The van der Waals surface area contributed by atoms with Crippen molar-refractivity contribution in [1.82, 2.24) is 15.1 Å². The Labute approximate surface area is 169 Å². The number of rotatable bonds is 3. The second-order valence-corrected chi connectivity index (χ2v) is 9.95. The number of amides is 2. The van der Waals surface area contributed by atoms with E-state index in [2.05, 4.69) is 5.32 Å². The van der Waals surface area contributed by atoms with Crippen molar-refractivity contribution in [2.75, 3.05) is 26.7 Å². The molecule has 6 aliphatic rings. The van der Waals surface area contributed by atoms with Gasteiger partial charge in [0, 0.05) is 26.2 Å². The predicted octanol–water partition coefficient (Wildman–Crippen LogP) is 2.44. The molecule has 4 aliphatic carbocycles. The van der Waals surface area contributed by atoms with Gasteiger partial charge in [-0.15, -0.1) is 12.4 Å². The first-order valence-electron chi connectivity index (χ1n) is 10.8. The lowest BCUT2D eigenvalue weighted by Crippen LogP contribution is -2.58. The summed E-state index contributed by atoms with van der Waals surface area (Å²) in [5.41, 5.74) is -0.120. The van der Waals surface area contributed by atoms with Gasteiger partial charge in [0.2, 0.25) is 11.8 Å². The average Bonchev–Trinajstić information content (AvgIpc) is 3.30. The molecule has 152 valence electrons. The third kappa shape index (κ3) is 3.19. The van der Waals surface area contributed by atoms with Gasteiger partial charge in [-0.3, -0.25) is 9.59 Å². The van der Waals surface area contributed by atoms with E-state index in [0.717, 1.165) is 75.9 Å². The van der Waals surface area contributed by atoms with E-state index in [-0.39, 0.29) is 29.8 Å². The van der Waals surface area contributed by atoms with Crippen LogP contribution in [0.2, 0.25) is 0 Å². The van der Waals surface area contributed by atoms with Crippen LogP contribution in [0.1, 0.15) is 57.8 Å². The molecule has 2 saturated heterocycles. The van der Waals surface area contributed by atoms with Gasteiger partial charge in [-0.2, -0.15) is 0 Å². The zero-order valence-corrected chi connectivity index (χ0v) is 17.3. The summed E-state index contributed by atoms with van der Waals surface area (Å²) >= 11 is 0. The summed E-state index contributed by atoms with van der Waals surface area (Å²) in [7, 11) is 1.94. The van der Waals surface area contributed by atoms with Crippen molar-refractivity contribution in [3.05, 3.63) is 0 Å². The quantitative estimate of drug-likeness (QED) is 0.798. The highest BCUT2D eigenvalue weighted by molar-refractivity contribution is 5.91. The molecule has 0 radical (unpaired) electrons. The highest BCUT2D eigenvalue weighted by atomic mass is 35.5. The Hall–Kier alpha value is -0.810. The predicted molar refractivity (Wildman–Crippen MR) is 107 cm³/mol. The van der Waals surface area contributed by atoms with Gasteiger partial charge in [0.25, 0.3) is 0 Å². The molecule has 27 heavy (non-hydrogen) atoms. The molecule has 0 aromatic carbocycles. The van der Waals surface area contributed by atoms with Crippen LogP contribution >= 0.6 is 12.4 Å². The normalized spacial score (nSPS) is 42.3. The second kappa shape index (κ2) is 7.22. The first kappa shape index (κ1) is 19.5. The number of carbonyl (C=O) groups is 2. The fraction of sp³-hybridized carbons (Fsp3) is 0.905. The summed E-state index contributed by atoms with van der Waals surface area (Å²) in [6.45, 7) is 2.66. The Morgan fingerprint density at radius 3 is 2.22 bits per heavy atom. The Morgan fingerprint density at radius 2 is 1.67 bits per heavy atom. The highest BCUT2D eigenvalue weighted by Crippen LogP contribution is 2.60. The summed E-state index contributed by atoms with van der Waals surface area (Å²) in [6.07, 6.45) is 10.2. The van der Waals surface area contributed by atoms with E-state index in [1.54, 1.807) is 0 Å². The van der Waals surface area contributed by atoms with E-state index < -0.39 is 0 Å². The molecule has 4 saturated carbocycles. The molecule has 5 nitrogen and oxygen atoms in total. The molecule has 0 aromatic heterocycles. The Morgan fingerprint density at radius 1 is 1.04 bits per heavy atom. The lowest BCUT2D eigenvalue weighted by atomic mass is 9.49. The highest BCUT2D eigenvalue weighted by Gasteiger charge is 2.57. The molecular formula is C21H34ClN3O2. The summed E-state index contributed by atoms with van der Waals surface area (Å²) in [5, 5.41) is 3.35. The average molecular weight is 396 g/mol. The molecular weight excluding hydrogens is 362 g/mol. The smallest absolute Gasteiger partial charge is 0.245 e. The van der Waals surface area contributed by atoms with Crippen molar-refractivity contribution >= 4 is 24.2 Å². The monoisotopic (exact) mass is 395 g/mol. The molecule has 2 heterocycles. The van der Waals surface area contributed by atoms with Gasteiger partial charge in [-0.25, -0.2) is 0 Å². The molecule has 1 N–H and O–H groups in total. The minimum Gasteiger partial charge on any atom is -0.340 e. The minimum atomic E-state index is -0.207. The van der Waals surface area contributed by atoms with Gasteiger partial charge in [0.15, 0.2) is 0 Å². The summed E-state index contributed by atoms with van der Waals surface area (Å²) in [6, 6.07) is 0.0840. The van der Waals surface area contributed by atoms with Crippen LogP contribution in [0.4, 0.5) is 0 Å². The molecule has 4 bridgehead atoms. The van der Waals surface area contributed by atoms with Gasteiger partial charge in [-0.1, -0.05) is 0 Å². The van der Waals surface area contributed by atoms with Crippen molar-refractivity contribution < 1.29 is 9.59 Å². The zero-order valence-electron chi connectivity index (χ0n) is 16.5. The van der Waals surface area contributed by atoms with Crippen LogP contribution in [0.25, 0.3) is 0 Å². The van der Waals surface area contributed by atoms with Crippen LogP contribution in [0.15, 0.2) is 0 Å². The number of halogens is 1. The maximum Gasteiger partial charge on any atom is 0.245 e. The van der Waals surface area contributed by atoms with E-state index in [1.165, 1.54) is 19.3 Å². The number of likely N-dealkylation sites (tertiary alicyclic amines) is 1. The lowest BCUT2D eigenvalue weighted by molar-refractivity contribution is -0.162. The summed E-state index contributed by atoms with van der Waals surface area (Å²) < 4.78 is 0. The van der Waals surface area contributed by atoms with Crippen LogP contribution in [-0.2, 0) is 9.59 Å². The van der Waals surface area contributed by atoms with Crippen molar-refractivity contribution in [2.24, 2.45) is 23.2 Å². The molecule has 6 fully saturated rings. The first-order chi connectivity index (χ1) is 12.6. The van der Waals surface area contributed by atoms with Gasteiger partial charge in [0.1, 0.15) is 6.04 Å². The van der Waals surface area contributed by atoms with Crippen LogP contribution in [0, 0.1) is 23.2 Å². The van der Waals surface area contributed by atoms with Crippen molar-refractivity contribution in [3.63, 3.8) is 0 Å². The van der Waals surface area contributed by atoms with E-state index in [4.69, 9.17) is 0 Å². The molecule has 2 aliphatic heterocycles. The molecule has 6 rings (SSSR count). The molecule has 0 spiro atoms. The van der Waals surface area contributed by atoms with E-state index >= 15 is 0 Å². The lowest BCUT2D eigenvalue weighted by Gasteiger charge is -2.56. The van der Waals surface area contributed by atoms with Crippen LogP contribution in [0.3, 0.4) is 0 Å². The summed E-state index contributed by atoms with van der Waals surface area (Å²) in [4.78, 5) is 30.8. The number of hydrogen-bond acceptors (Lipinski definition) is 3. The zero-order chi connectivity index (χ0) is 17.9. The van der Waals surface area contributed by atoms with E-state index in [9.17, 15) is 9.59 Å². The number of nitrogens with one attached hydrogen (secondary N) is 1. The third-order valence-corrected chi connectivity index (χ3v) is 8.22. The van der Waals surface area contributed by atoms with Crippen LogP contribution in [-0.4, -0.2) is 60.4 Å². The summed E-state index contributed by atoms with van der Waals surface area (Å²) in [5.74, 6) is 2.83. The van der Waals surface area contributed by atoms with Crippen molar-refractivity contribution in [1.29, 1.82) is 0 Å². The Kier molecular flexibility index (Phi) is 5.21. The van der Waals surface area contributed by atoms with Gasteiger partial charge in [-0.05, 0) is 82.1 Å². The maximum atomic E-state index is 13.7. The molecule has 2 amide bonds. The topological polar surface area (TPSA) is 52.7 Å². The SMILES string of the molecule is CN(C(=O)C1CCCN1C(=O)C12CC3CC(CC(C3)C1)C2)C1CCNC1.Cl. The third-order valence-electron chi connectivity index (χ3n) is 8.22. The van der Waals surface area contributed by atoms with Gasteiger partial charge < -0.3 is 15.1 Å². The molecule has 6 heteroatoms. The van der Waals surface area contributed by atoms with E-state index in [0.29, 0.717) is 11.9 Å². The van der Waals surface area contributed by atoms with Gasteiger partial charge in [0.05, 0.1) is 5.41 Å². The first-order valence-corrected chi connectivity index (χ1v) is 10.8. The number of hydrogen-bond donors (Lipinski definition) is 1. The Balaban J connectivity index is 0.00000180. The molecule has 2 atom stereocenters. The van der Waals surface area contributed by atoms with Crippen molar-refractivity contribution in [3.8, 4) is 0 Å². The minimum absolute atomic E-state index is 0. The second-order valence-electron chi connectivity index (χ2n) is 9.95. The van der Waals surface area contributed by atoms with Crippen LogP contribution in [0.5, 0.6) is 0 Å². The van der Waals surface area contributed by atoms with E-state index in [1.807, 2.05) is 16.8 Å². The maximum absolute atomic E-state index is 13.7. The number of likely N-dealkylation sites (N-methyl/N-ethyl adjacent to an activating group) is 1. The molecule has 2 unspecified atom stereocenters. The largest absolute Gasteiger partial charge is 0.340 e. The van der Waals surface area contributed by atoms with Crippen molar-refractivity contribution in [2.45, 2.75) is 69.9 Å². The molecule has 0 aromatic rings. The number of nitrogens with zero attached hydrogens (tertiary/aromatic N) is 2. The Bertz CT molecular complexity index is 569. The van der Waals surface area contributed by atoms with Crippen LogP contribution < -0.4 is 5.32 Å². The standard InChI is InChI=1S/C21H33N3O2.ClH/c1-23(17-4-5-22-13-17)19(25)18-3-2-6-24(18)20(26)21-10-14-7-15(11-21)9-16(8-14)12-21;/h14-18,22H,2-13H2,1H3;1H. The fourth-order valence-electron chi connectivity index (χ4n) is 7.33. The number of carbonyl (C=O) groups excluding carboxylic acids is 2. The fourth-order valence-corrected chi connectivity index (χ4v) is 7.33. The van der Waals surface area contributed by atoms with Gasteiger partial charge >= 0.3 is 0 Å².